The normalized spacial score (nSPS) is 20.2. The number of likely N-dealkylation sites (tertiary alicyclic amines) is 1. The molecule has 0 spiro atoms. The first kappa shape index (κ1) is 16.3. The first-order valence-electron chi connectivity index (χ1n) is 8.27. The van der Waals surface area contributed by atoms with Gasteiger partial charge in [-0.25, -0.2) is 0 Å². The van der Waals surface area contributed by atoms with Gasteiger partial charge in [-0.15, -0.1) is 0 Å². The predicted octanol–water partition coefficient (Wildman–Crippen LogP) is 3.60. The van der Waals surface area contributed by atoms with E-state index in [2.05, 4.69) is 24.8 Å². The van der Waals surface area contributed by atoms with E-state index in [0.29, 0.717) is 12.0 Å². The first-order chi connectivity index (χ1) is 10.1. The summed E-state index contributed by atoms with van der Waals surface area (Å²) >= 11 is 0. The Morgan fingerprint density at radius 2 is 1.90 bits per heavy atom. The Morgan fingerprint density at radius 3 is 2.52 bits per heavy atom. The van der Waals surface area contributed by atoms with Crippen LogP contribution in [-0.2, 0) is 0 Å². The Kier molecular flexibility index (Phi) is 5.65. The second-order valence-electron chi connectivity index (χ2n) is 6.54. The zero-order chi connectivity index (χ0) is 15.3. The van der Waals surface area contributed by atoms with E-state index in [1.165, 1.54) is 19.3 Å². The summed E-state index contributed by atoms with van der Waals surface area (Å²) in [5, 5.41) is 0. The van der Waals surface area contributed by atoms with Crippen LogP contribution in [0.25, 0.3) is 0 Å². The maximum atomic E-state index is 6.44. The summed E-state index contributed by atoms with van der Waals surface area (Å²) in [5.41, 5.74) is 8.09. The summed E-state index contributed by atoms with van der Waals surface area (Å²) in [7, 11) is 0. The van der Waals surface area contributed by atoms with Crippen LogP contribution in [0.15, 0.2) is 24.3 Å². The van der Waals surface area contributed by atoms with Crippen molar-refractivity contribution in [1.82, 2.24) is 4.90 Å². The summed E-state index contributed by atoms with van der Waals surface area (Å²) in [6.07, 6.45) is 3.84. The number of piperidine rings is 1. The fourth-order valence-electron chi connectivity index (χ4n) is 3.08. The van der Waals surface area contributed by atoms with Crippen LogP contribution in [-0.4, -0.2) is 31.1 Å². The van der Waals surface area contributed by atoms with Gasteiger partial charge in [-0.2, -0.15) is 0 Å². The lowest BCUT2D eigenvalue weighted by atomic mass is 9.78. The van der Waals surface area contributed by atoms with Crippen molar-refractivity contribution in [3.8, 4) is 5.75 Å². The molecule has 2 rings (SSSR count). The molecule has 118 valence electrons. The van der Waals surface area contributed by atoms with Gasteiger partial charge in [0, 0.05) is 18.2 Å². The Balaban J connectivity index is 1.95. The lowest BCUT2D eigenvalue weighted by Gasteiger charge is -2.39. The number of rotatable bonds is 6. The van der Waals surface area contributed by atoms with Gasteiger partial charge >= 0.3 is 0 Å². The predicted molar refractivity (Wildman–Crippen MR) is 88.6 cm³/mol. The molecule has 0 saturated carbocycles. The summed E-state index contributed by atoms with van der Waals surface area (Å²) in [4.78, 5) is 2.50. The second kappa shape index (κ2) is 7.28. The van der Waals surface area contributed by atoms with E-state index in [0.717, 1.165) is 30.9 Å². The highest BCUT2D eigenvalue weighted by Crippen LogP contribution is 2.34. The van der Waals surface area contributed by atoms with Crippen molar-refractivity contribution in [2.24, 2.45) is 11.1 Å². The quantitative estimate of drug-likeness (QED) is 0.870. The van der Waals surface area contributed by atoms with Crippen molar-refractivity contribution in [3.05, 3.63) is 29.8 Å². The molecular formula is C18H30N2O. The molecule has 2 N–H and O–H groups in total. The van der Waals surface area contributed by atoms with Gasteiger partial charge in [-0.3, -0.25) is 0 Å². The summed E-state index contributed by atoms with van der Waals surface area (Å²) < 4.78 is 5.70. The van der Waals surface area contributed by atoms with Gasteiger partial charge in [-0.1, -0.05) is 38.5 Å². The van der Waals surface area contributed by atoms with Gasteiger partial charge in [0.2, 0.25) is 0 Å². The number of nitrogens with two attached hydrogens (primary N) is 1. The van der Waals surface area contributed by atoms with Crippen LogP contribution in [0.2, 0.25) is 0 Å². The SMILES string of the molecule is CCOc1ccccc1C(N)CN1CCC(C)(CC)CC1. The summed E-state index contributed by atoms with van der Waals surface area (Å²) in [6, 6.07) is 8.19. The minimum atomic E-state index is 0.0266. The van der Waals surface area contributed by atoms with Crippen molar-refractivity contribution in [2.75, 3.05) is 26.2 Å². The zero-order valence-corrected chi connectivity index (χ0v) is 13.8. The van der Waals surface area contributed by atoms with E-state index in [4.69, 9.17) is 10.5 Å². The topological polar surface area (TPSA) is 38.5 Å². The van der Waals surface area contributed by atoms with E-state index in [-0.39, 0.29) is 6.04 Å². The van der Waals surface area contributed by atoms with Crippen molar-refractivity contribution in [1.29, 1.82) is 0 Å². The van der Waals surface area contributed by atoms with E-state index in [1.54, 1.807) is 0 Å². The van der Waals surface area contributed by atoms with E-state index in [1.807, 2.05) is 25.1 Å². The van der Waals surface area contributed by atoms with Crippen molar-refractivity contribution in [3.63, 3.8) is 0 Å². The van der Waals surface area contributed by atoms with Gasteiger partial charge in [0.15, 0.2) is 0 Å². The highest BCUT2D eigenvalue weighted by atomic mass is 16.5. The zero-order valence-electron chi connectivity index (χ0n) is 13.8. The molecular weight excluding hydrogens is 260 g/mol. The molecule has 1 unspecified atom stereocenters. The Bertz CT molecular complexity index is 439. The van der Waals surface area contributed by atoms with Crippen LogP contribution in [0, 0.1) is 5.41 Å². The highest BCUT2D eigenvalue weighted by molar-refractivity contribution is 5.36. The molecule has 1 aliphatic rings. The molecule has 1 fully saturated rings. The first-order valence-corrected chi connectivity index (χ1v) is 8.27. The van der Waals surface area contributed by atoms with Crippen LogP contribution in [0.3, 0.4) is 0 Å². The number of hydrogen-bond donors (Lipinski definition) is 1. The smallest absolute Gasteiger partial charge is 0.124 e. The molecule has 0 amide bonds. The third-order valence-corrected chi connectivity index (χ3v) is 4.99. The third kappa shape index (κ3) is 4.21. The molecule has 1 atom stereocenters. The molecule has 1 aromatic rings. The second-order valence-corrected chi connectivity index (χ2v) is 6.54. The van der Waals surface area contributed by atoms with Crippen LogP contribution < -0.4 is 10.5 Å². The Hall–Kier alpha value is -1.06. The fourth-order valence-corrected chi connectivity index (χ4v) is 3.08. The molecule has 0 bridgehead atoms. The molecule has 1 aromatic carbocycles. The van der Waals surface area contributed by atoms with Crippen molar-refractivity contribution < 1.29 is 4.74 Å². The Labute approximate surface area is 129 Å². The van der Waals surface area contributed by atoms with Gasteiger partial charge in [0.1, 0.15) is 5.75 Å². The molecule has 0 radical (unpaired) electrons. The van der Waals surface area contributed by atoms with Gasteiger partial charge in [-0.05, 0) is 44.3 Å². The third-order valence-electron chi connectivity index (χ3n) is 4.99. The number of ether oxygens (including phenoxy) is 1. The van der Waals surface area contributed by atoms with Gasteiger partial charge < -0.3 is 15.4 Å². The molecule has 1 saturated heterocycles. The molecule has 3 heteroatoms. The standard InChI is InChI=1S/C18H30N2O/c1-4-18(3)10-12-20(13-11-18)14-16(19)15-8-6-7-9-17(15)21-5-2/h6-9,16H,4-5,10-14,19H2,1-3H3. The minimum Gasteiger partial charge on any atom is -0.494 e. The average Bonchev–Trinajstić information content (AvgIpc) is 2.50. The summed E-state index contributed by atoms with van der Waals surface area (Å²) in [5.74, 6) is 0.933. The van der Waals surface area contributed by atoms with E-state index < -0.39 is 0 Å². The van der Waals surface area contributed by atoms with Crippen LogP contribution in [0.1, 0.15) is 51.6 Å². The van der Waals surface area contributed by atoms with E-state index >= 15 is 0 Å². The summed E-state index contributed by atoms with van der Waals surface area (Å²) in [6.45, 7) is 10.7. The van der Waals surface area contributed by atoms with Crippen LogP contribution in [0.5, 0.6) is 5.75 Å². The van der Waals surface area contributed by atoms with Crippen LogP contribution >= 0.6 is 0 Å². The number of nitrogens with zero attached hydrogens (tertiary/aromatic N) is 1. The lowest BCUT2D eigenvalue weighted by molar-refractivity contribution is 0.109. The Morgan fingerprint density at radius 1 is 1.24 bits per heavy atom. The molecule has 1 aliphatic heterocycles. The van der Waals surface area contributed by atoms with Crippen molar-refractivity contribution >= 4 is 0 Å². The monoisotopic (exact) mass is 290 g/mol. The molecule has 21 heavy (non-hydrogen) atoms. The van der Waals surface area contributed by atoms with Gasteiger partial charge in [0.25, 0.3) is 0 Å². The number of para-hydroxylation sites is 1. The largest absolute Gasteiger partial charge is 0.494 e. The fraction of sp³-hybridized carbons (Fsp3) is 0.667. The lowest BCUT2D eigenvalue weighted by Crippen LogP contribution is -2.41. The van der Waals surface area contributed by atoms with E-state index in [9.17, 15) is 0 Å². The molecule has 0 aromatic heterocycles. The van der Waals surface area contributed by atoms with Crippen LogP contribution in [0.4, 0.5) is 0 Å². The maximum Gasteiger partial charge on any atom is 0.124 e. The molecule has 1 heterocycles. The molecule has 3 nitrogen and oxygen atoms in total. The number of benzene rings is 1. The molecule has 0 aliphatic carbocycles. The minimum absolute atomic E-state index is 0.0266. The average molecular weight is 290 g/mol. The van der Waals surface area contributed by atoms with Crippen molar-refractivity contribution in [2.45, 2.75) is 46.1 Å². The van der Waals surface area contributed by atoms with Gasteiger partial charge in [0.05, 0.1) is 6.61 Å². The number of hydrogen-bond acceptors (Lipinski definition) is 3. The highest BCUT2D eigenvalue weighted by Gasteiger charge is 2.29. The maximum absolute atomic E-state index is 6.44.